The Morgan fingerprint density at radius 1 is 1.50 bits per heavy atom. The fourth-order valence-corrected chi connectivity index (χ4v) is 1.60. The van der Waals surface area contributed by atoms with Gasteiger partial charge in [0.1, 0.15) is 0 Å². The van der Waals surface area contributed by atoms with Gasteiger partial charge in [0, 0.05) is 0 Å². The van der Waals surface area contributed by atoms with Crippen LogP contribution in [0.2, 0.25) is 0 Å². The highest BCUT2D eigenvalue weighted by molar-refractivity contribution is 5.10. The Morgan fingerprint density at radius 2 is 2.38 bits per heavy atom. The van der Waals surface area contributed by atoms with Gasteiger partial charge in [-0.1, -0.05) is 12.2 Å². The zero-order chi connectivity index (χ0) is 5.56. The monoisotopic (exact) mass is 107 g/mol. The minimum Gasteiger partial charge on any atom is -0.0880 e. The lowest BCUT2D eigenvalue weighted by molar-refractivity contribution is 0.535. The van der Waals surface area contributed by atoms with E-state index < -0.39 is 0 Å². The van der Waals surface area contributed by atoms with E-state index in [1.807, 2.05) is 0 Å². The zero-order valence-electron chi connectivity index (χ0n) is 5.01. The maximum Gasteiger partial charge on any atom is -0.0199 e. The summed E-state index contributed by atoms with van der Waals surface area (Å²) in [6, 6.07) is 0. The molecule has 0 heterocycles. The molecule has 8 heavy (non-hydrogen) atoms. The summed E-state index contributed by atoms with van der Waals surface area (Å²) in [5.74, 6) is 2.65. The maximum atomic E-state index is 4.07. The number of fused-ring (bicyclic) bond motifs is 1. The predicted molar refractivity (Wildman–Crippen MR) is 34.2 cm³/mol. The molecule has 43 valence electrons. The van der Waals surface area contributed by atoms with E-state index in [1.54, 1.807) is 0 Å². The van der Waals surface area contributed by atoms with Crippen LogP contribution in [0.5, 0.6) is 0 Å². The fraction of sp³-hybridized carbons (Fsp3) is 0.625. The minimum atomic E-state index is 0.741. The molecule has 0 bridgehead atoms. The molecule has 0 aromatic heterocycles. The third-order valence-electron chi connectivity index (χ3n) is 2.32. The van der Waals surface area contributed by atoms with Crippen molar-refractivity contribution < 1.29 is 0 Å². The number of hydrogen-bond donors (Lipinski definition) is 0. The largest absolute Gasteiger partial charge is 0.0880 e. The van der Waals surface area contributed by atoms with Gasteiger partial charge in [0.2, 0.25) is 0 Å². The van der Waals surface area contributed by atoms with Crippen molar-refractivity contribution in [3.63, 3.8) is 0 Å². The van der Waals surface area contributed by atoms with E-state index in [-0.39, 0.29) is 0 Å². The normalized spacial score (nSPS) is 50.9. The smallest absolute Gasteiger partial charge is 0.0199 e. The van der Waals surface area contributed by atoms with E-state index >= 15 is 0 Å². The van der Waals surface area contributed by atoms with Crippen LogP contribution >= 0.6 is 0 Å². The molecule has 0 aromatic carbocycles. The van der Waals surface area contributed by atoms with Crippen molar-refractivity contribution in [3.05, 3.63) is 19.1 Å². The Hall–Kier alpha value is -0.260. The minimum absolute atomic E-state index is 0.741. The van der Waals surface area contributed by atoms with Gasteiger partial charge in [0.15, 0.2) is 0 Å². The molecule has 0 nitrogen and oxygen atoms in total. The van der Waals surface area contributed by atoms with Crippen molar-refractivity contribution in [2.75, 3.05) is 0 Å². The molecule has 0 amide bonds. The average Bonchev–Trinajstić information content (AvgIpc) is 2.45. The highest BCUT2D eigenvalue weighted by atomic mass is 14.4. The van der Waals surface area contributed by atoms with Gasteiger partial charge in [-0.15, -0.1) is 0 Å². The SMILES string of the molecule is [CH2]C1CC=CC2CC12. The Balaban J connectivity index is 2.13. The van der Waals surface area contributed by atoms with Crippen LogP contribution in [0.3, 0.4) is 0 Å². The van der Waals surface area contributed by atoms with Crippen molar-refractivity contribution in [2.45, 2.75) is 12.8 Å². The van der Waals surface area contributed by atoms with Gasteiger partial charge >= 0.3 is 0 Å². The summed E-state index contributed by atoms with van der Waals surface area (Å²) in [5, 5.41) is 0. The number of hydrogen-bond acceptors (Lipinski definition) is 0. The molecule has 1 radical (unpaired) electrons. The van der Waals surface area contributed by atoms with Gasteiger partial charge in [0.05, 0.1) is 0 Å². The van der Waals surface area contributed by atoms with E-state index in [0.717, 1.165) is 17.8 Å². The second kappa shape index (κ2) is 1.37. The summed E-state index contributed by atoms with van der Waals surface area (Å²) in [6.45, 7) is 4.07. The Labute approximate surface area is 50.6 Å². The van der Waals surface area contributed by atoms with E-state index in [9.17, 15) is 0 Å². The zero-order valence-corrected chi connectivity index (χ0v) is 5.01. The lowest BCUT2D eigenvalue weighted by Gasteiger charge is -2.09. The quantitative estimate of drug-likeness (QED) is 0.415. The standard InChI is InChI=1S/C8H11/c1-6-3-2-4-7-5-8(6)7/h2,4,6-8H,1,3,5H2. The Morgan fingerprint density at radius 3 is 3.00 bits per heavy atom. The molecule has 1 fully saturated rings. The third-order valence-corrected chi connectivity index (χ3v) is 2.32. The van der Waals surface area contributed by atoms with Crippen LogP contribution in [0.15, 0.2) is 12.2 Å². The Kier molecular flexibility index (Phi) is 0.787. The first-order valence-electron chi connectivity index (χ1n) is 3.37. The van der Waals surface area contributed by atoms with Gasteiger partial charge in [-0.3, -0.25) is 0 Å². The van der Waals surface area contributed by atoms with Crippen LogP contribution in [0.1, 0.15) is 12.8 Å². The summed E-state index contributed by atoms with van der Waals surface area (Å²) in [7, 11) is 0. The first kappa shape index (κ1) is 4.60. The van der Waals surface area contributed by atoms with Crippen LogP contribution in [0, 0.1) is 24.7 Å². The molecule has 3 unspecified atom stereocenters. The lowest BCUT2D eigenvalue weighted by Crippen LogP contribution is -2.00. The van der Waals surface area contributed by atoms with Crippen molar-refractivity contribution in [2.24, 2.45) is 17.8 Å². The molecule has 0 aliphatic heterocycles. The van der Waals surface area contributed by atoms with Crippen LogP contribution in [-0.4, -0.2) is 0 Å². The molecule has 0 N–H and O–H groups in total. The van der Waals surface area contributed by atoms with Gasteiger partial charge in [0.25, 0.3) is 0 Å². The highest BCUT2D eigenvalue weighted by Crippen LogP contribution is 2.48. The molecular formula is C8H11. The first-order valence-corrected chi connectivity index (χ1v) is 3.37. The van der Waals surface area contributed by atoms with Crippen molar-refractivity contribution in [3.8, 4) is 0 Å². The molecular weight excluding hydrogens is 96.1 g/mol. The van der Waals surface area contributed by atoms with Gasteiger partial charge in [-0.2, -0.15) is 0 Å². The second-order valence-corrected chi connectivity index (χ2v) is 2.99. The molecule has 0 spiro atoms. The van der Waals surface area contributed by atoms with Gasteiger partial charge in [-0.25, -0.2) is 0 Å². The predicted octanol–water partition coefficient (Wildman–Crippen LogP) is 2.03. The Bertz CT molecular complexity index is 124. The van der Waals surface area contributed by atoms with Crippen molar-refractivity contribution in [1.82, 2.24) is 0 Å². The maximum absolute atomic E-state index is 4.07. The highest BCUT2D eigenvalue weighted by Gasteiger charge is 2.40. The summed E-state index contributed by atoms with van der Waals surface area (Å²) in [6.07, 6.45) is 7.28. The second-order valence-electron chi connectivity index (χ2n) is 2.99. The molecule has 2 rings (SSSR count). The lowest BCUT2D eigenvalue weighted by atomic mass is 9.96. The number of rotatable bonds is 0. The van der Waals surface area contributed by atoms with Crippen molar-refractivity contribution >= 4 is 0 Å². The van der Waals surface area contributed by atoms with E-state index in [1.165, 1.54) is 12.8 Å². The van der Waals surface area contributed by atoms with E-state index in [0.29, 0.717) is 0 Å². The molecule has 2 aliphatic carbocycles. The van der Waals surface area contributed by atoms with Crippen LogP contribution in [0.4, 0.5) is 0 Å². The van der Waals surface area contributed by atoms with Gasteiger partial charge < -0.3 is 0 Å². The number of allylic oxidation sites excluding steroid dienone is 2. The van der Waals surface area contributed by atoms with Crippen LogP contribution in [-0.2, 0) is 0 Å². The molecule has 2 aliphatic rings. The average molecular weight is 107 g/mol. The molecule has 1 saturated carbocycles. The molecule has 0 saturated heterocycles. The summed E-state index contributed by atoms with van der Waals surface area (Å²) >= 11 is 0. The summed E-state index contributed by atoms with van der Waals surface area (Å²) in [4.78, 5) is 0. The summed E-state index contributed by atoms with van der Waals surface area (Å²) < 4.78 is 0. The third kappa shape index (κ3) is 0.521. The van der Waals surface area contributed by atoms with Gasteiger partial charge in [-0.05, 0) is 37.5 Å². The van der Waals surface area contributed by atoms with Crippen LogP contribution < -0.4 is 0 Å². The fourth-order valence-electron chi connectivity index (χ4n) is 1.60. The molecule has 3 atom stereocenters. The first-order chi connectivity index (χ1) is 3.88. The van der Waals surface area contributed by atoms with E-state index in [4.69, 9.17) is 0 Å². The molecule has 0 aromatic rings. The topological polar surface area (TPSA) is 0 Å². The van der Waals surface area contributed by atoms with Crippen LogP contribution in [0.25, 0.3) is 0 Å². The van der Waals surface area contributed by atoms with E-state index in [2.05, 4.69) is 19.1 Å². The summed E-state index contributed by atoms with van der Waals surface area (Å²) in [5.41, 5.74) is 0. The van der Waals surface area contributed by atoms with Crippen molar-refractivity contribution in [1.29, 1.82) is 0 Å². The molecule has 0 heteroatoms.